The van der Waals surface area contributed by atoms with Crippen LogP contribution in [0.2, 0.25) is 0 Å². The Kier molecular flexibility index (Phi) is 6.75. The molecule has 0 spiro atoms. The zero-order chi connectivity index (χ0) is 13.2. The Morgan fingerprint density at radius 1 is 1.33 bits per heavy atom. The van der Waals surface area contributed by atoms with Gasteiger partial charge in [0.25, 0.3) is 0 Å². The Bertz CT molecular complexity index is 371. The zero-order valence-electron chi connectivity index (χ0n) is 10.5. The molecule has 0 atom stereocenters. The summed E-state index contributed by atoms with van der Waals surface area (Å²) in [4.78, 5) is 3.99. The third kappa shape index (κ3) is 5.11. The van der Waals surface area contributed by atoms with Gasteiger partial charge in [-0.2, -0.15) is 0 Å². The minimum absolute atomic E-state index is 0.105. The van der Waals surface area contributed by atoms with Gasteiger partial charge in [0.2, 0.25) is 0 Å². The highest BCUT2D eigenvalue weighted by atomic mass is 16.5. The number of nitrogens with two attached hydrogens (primary N) is 1. The number of hydrogen-bond donors (Lipinski definition) is 2. The van der Waals surface area contributed by atoms with Crippen LogP contribution in [0.25, 0.3) is 0 Å². The van der Waals surface area contributed by atoms with Crippen molar-refractivity contribution in [3.63, 3.8) is 0 Å². The molecule has 1 heterocycles. The number of aromatic nitrogens is 1. The fourth-order valence-electron chi connectivity index (χ4n) is 1.33. The summed E-state index contributed by atoms with van der Waals surface area (Å²) in [6, 6.07) is 3.47. The van der Waals surface area contributed by atoms with Crippen LogP contribution in [0.15, 0.2) is 18.3 Å². The summed E-state index contributed by atoms with van der Waals surface area (Å²) in [5.41, 5.74) is 5.75. The molecule has 0 aliphatic rings. The number of methoxy groups -OCH3 is 1. The van der Waals surface area contributed by atoms with Gasteiger partial charge in [-0.3, -0.25) is 5.41 Å². The predicted molar refractivity (Wildman–Crippen MR) is 68.1 cm³/mol. The molecule has 18 heavy (non-hydrogen) atoms. The summed E-state index contributed by atoms with van der Waals surface area (Å²) in [6.07, 6.45) is 2.44. The summed E-state index contributed by atoms with van der Waals surface area (Å²) in [5.74, 6) is 0.400. The number of pyridine rings is 1. The number of rotatable bonds is 9. The van der Waals surface area contributed by atoms with Crippen molar-refractivity contribution in [1.29, 1.82) is 5.41 Å². The summed E-state index contributed by atoms with van der Waals surface area (Å²) in [5, 5.41) is 7.36. The Hall–Kier alpha value is -1.66. The maximum atomic E-state index is 7.36. The van der Waals surface area contributed by atoms with Gasteiger partial charge in [-0.25, -0.2) is 4.98 Å². The van der Waals surface area contributed by atoms with Crippen molar-refractivity contribution >= 4 is 5.84 Å². The van der Waals surface area contributed by atoms with Crippen molar-refractivity contribution < 1.29 is 14.2 Å². The molecule has 1 aromatic rings. The van der Waals surface area contributed by atoms with Crippen molar-refractivity contribution in [2.45, 2.75) is 6.42 Å². The fourth-order valence-corrected chi connectivity index (χ4v) is 1.33. The van der Waals surface area contributed by atoms with Crippen LogP contribution in [-0.4, -0.2) is 44.4 Å². The SMILES string of the molecule is COCCCOCCOc1cccnc1C(=N)N. The van der Waals surface area contributed by atoms with Crippen LogP contribution in [0.3, 0.4) is 0 Å². The van der Waals surface area contributed by atoms with Crippen LogP contribution >= 0.6 is 0 Å². The topological polar surface area (TPSA) is 90.5 Å². The van der Waals surface area contributed by atoms with Crippen LogP contribution in [0.4, 0.5) is 0 Å². The molecule has 1 rings (SSSR count). The average molecular weight is 253 g/mol. The molecular weight excluding hydrogens is 234 g/mol. The Balaban J connectivity index is 2.25. The molecule has 0 amide bonds. The molecule has 0 aliphatic carbocycles. The lowest BCUT2D eigenvalue weighted by molar-refractivity contribution is 0.0805. The van der Waals surface area contributed by atoms with Crippen molar-refractivity contribution in [1.82, 2.24) is 4.98 Å². The Labute approximate surface area is 107 Å². The van der Waals surface area contributed by atoms with E-state index in [0.717, 1.165) is 6.42 Å². The third-order valence-corrected chi connectivity index (χ3v) is 2.15. The molecule has 100 valence electrons. The molecule has 0 aromatic carbocycles. The maximum absolute atomic E-state index is 7.36. The summed E-state index contributed by atoms with van der Waals surface area (Å²) >= 11 is 0. The molecule has 6 heteroatoms. The maximum Gasteiger partial charge on any atom is 0.148 e. The molecule has 0 radical (unpaired) electrons. The highest BCUT2D eigenvalue weighted by Crippen LogP contribution is 2.14. The first-order chi connectivity index (χ1) is 8.75. The van der Waals surface area contributed by atoms with Gasteiger partial charge in [-0.15, -0.1) is 0 Å². The molecule has 1 aromatic heterocycles. The van der Waals surface area contributed by atoms with Crippen molar-refractivity contribution in [2.75, 3.05) is 33.5 Å². The standard InChI is InChI=1S/C12H19N3O3/c1-16-6-3-7-17-8-9-18-10-4-2-5-15-11(10)12(13)14/h2,4-5H,3,6-9H2,1H3,(H3,13,14). The molecule has 0 bridgehead atoms. The second-order valence-electron chi connectivity index (χ2n) is 3.57. The number of ether oxygens (including phenoxy) is 3. The van der Waals surface area contributed by atoms with Gasteiger partial charge >= 0.3 is 0 Å². The highest BCUT2D eigenvalue weighted by molar-refractivity contribution is 5.95. The van der Waals surface area contributed by atoms with E-state index in [1.165, 1.54) is 0 Å². The number of nitrogens with zero attached hydrogens (tertiary/aromatic N) is 1. The smallest absolute Gasteiger partial charge is 0.148 e. The van der Waals surface area contributed by atoms with Gasteiger partial charge in [-0.1, -0.05) is 0 Å². The second-order valence-corrected chi connectivity index (χ2v) is 3.57. The van der Waals surface area contributed by atoms with Crippen LogP contribution < -0.4 is 10.5 Å². The van der Waals surface area contributed by atoms with E-state index in [2.05, 4.69) is 4.98 Å². The number of hydrogen-bond acceptors (Lipinski definition) is 5. The first-order valence-corrected chi connectivity index (χ1v) is 5.74. The monoisotopic (exact) mass is 253 g/mol. The number of nitrogen functional groups attached to an aromatic ring is 1. The van der Waals surface area contributed by atoms with E-state index in [-0.39, 0.29) is 5.84 Å². The molecular formula is C12H19N3O3. The first kappa shape index (κ1) is 14.4. The van der Waals surface area contributed by atoms with Crippen LogP contribution in [0, 0.1) is 5.41 Å². The number of amidine groups is 1. The van der Waals surface area contributed by atoms with Gasteiger partial charge in [0.15, 0.2) is 0 Å². The predicted octanol–water partition coefficient (Wildman–Crippen LogP) is 0.798. The lowest BCUT2D eigenvalue weighted by Gasteiger charge is -2.09. The molecule has 3 N–H and O–H groups in total. The van der Waals surface area contributed by atoms with E-state index in [9.17, 15) is 0 Å². The lowest BCUT2D eigenvalue weighted by Crippen LogP contribution is -2.16. The lowest BCUT2D eigenvalue weighted by atomic mass is 10.3. The van der Waals surface area contributed by atoms with Gasteiger partial charge in [0.05, 0.1) is 6.61 Å². The van der Waals surface area contributed by atoms with Crippen LogP contribution in [-0.2, 0) is 9.47 Å². The molecule has 0 saturated carbocycles. The van der Waals surface area contributed by atoms with Gasteiger partial charge < -0.3 is 19.9 Å². The van der Waals surface area contributed by atoms with Crippen molar-refractivity contribution in [3.8, 4) is 5.75 Å². The van der Waals surface area contributed by atoms with E-state index in [4.69, 9.17) is 25.4 Å². The summed E-state index contributed by atoms with van der Waals surface area (Å²) in [7, 11) is 1.66. The Morgan fingerprint density at radius 2 is 2.17 bits per heavy atom. The quantitative estimate of drug-likeness (QED) is 0.386. The molecule has 6 nitrogen and oxygen atoms in total. The molecule has 0 fully saturated rings. The summed E-state index contributed by atoms with van der Waals surface area (Å²) in [6.45, 7) is 2.22. The van der Waals surface area contributed by atoms with Gasteiger partial charge in [0, 0.05) is 26.5 Å². The van der Waals surface area contributed by atoms with E-state index < -0.39 is 0 Å². The molecule has 0 saturated heterocycles. The largest absolute Gasteiger partial charge is 0.489 e. The number of nitrogens with one attached hydrogen (secondary N) is 1. The van der Waals surface area contributed by atoms with Gasteiger partial charge in [-0.05, 0) is 18.6 Å². The Morgan fingerprint density at radius 3 is 2.89 bits per heavy atom. The third-order valence-electron chi connectivity index (χ3n) is 2.15. The normalized spacial score (nSPS) is 10.3. The highest BCUT2D eigenvalue weighted by Gasteiger charge is 2.06. The molecule has 0 unspecified atom stereocenters. The average Bonchev–Trinajstić information content (AvgIpc) is 2.38. The minimum atomic E-state index is -0.105. The first-order valence-electron chi connectivity index (χ1n) is 5.74. The van der Waals surface area contributed by atoms with Crippen LogP contribution in [0.5, 0.6) is 5.75 Å². The van der Waals surface area contributed by atoms with E-state index in [1.54, 1.807) is 25.4 Å². The van der Waals surface area contributed by atoms with Crippen LogP contribution in [0.1, 0.15) is 12.1 Å². The second kappa shape index (κ2) is 8.43. The molecule has 0 aliphatic heterocycles. The van der Waals surface area contributed by atoms with Gasteiger partial charge in [0.1, 0.15) is 23.9 Å². The van der Waals surface area contributed by atoms with E-state index >= 15 is 0 Å². The van der Waals surface area contributed by atoms with Crippen molar-refractivity contribution in [3.05, 3.63) is 24.0 Å². The minimum Gasteiger partial charge on any atom is -0.489 e. The zero-order valence-corrected chi connectivity index (χ0v) is 10.5. The van der Waals surface area contributed by atoms with E-state index in [0.29, 0.717) is 37.9 Å². The fraction of sp³-hybridized carbons (Fsp3) is 0.500. The van der Waals surface area contributed by atoms with E-state index in [1.807, 2.05) is 0 Å². The van der Waals surface area contributed by atoms with Crippen molar-refractivity contribution in [2.24, 2.45) is 5.73 Å². The summed E-state index contributed by atoms with van der Waals surface area (Å²) < 4.78 is 15.7.